The number of thioether (sulfide) groups is 1. The van der Waals surface area contributed by atoms with E-state index in [1.165, 1.54) is 18.1 Å². The van der Waals surface area contributed by atoms with Gasteiger partial charge in [-0.25, -0.2) is 0 Å². The SMILES string of the molecule is COc1cccc(C(=O)N2CCSCC2CC(=O)O)c1O. The number of carboxylic acids is 1. The standard InChI is InChI=1S/C14H17NO5S/c1-20-11-4-2-3-10(13(11)18)14(19)15-5-6-21-8-9(15)7-12(16)17/h2-4,9,18H,5-8H2,1H3,(H,16,17). The van der Waals surface area contributed by atoms with Crippen LogP contribution in [0.1, 0.15) is 16.8 Å². The Kier molecular flexibility index (Phi) is 4.95. The molecule has 2 N–H and O–H groups in total. The second-order valence-electron chi connectivity index (χ2n) is 4.68. The fourth-order valence-electron chi connectivity index (χ4n) is 2.31. The first-order valence-electron chi connectivity index (χ1n) is 6.51. The van der Waals surface area contributed by atoms with Gasteiger partial charge in [-0.15, -0.1) is 0 Å². The number of phenolic OH excluding ortho intramolecular Hbond substituents is 1. The molecule has 1 fully saturated rings. The van der Waals surface area contributed by atoms with Gasteiger partial charge in [0.1, 0.15) is 0 Å². The smallest absolute Gasteiger partial charge is 0.305 e. The van der Waals surface area contributed by atoms with Crippen molar-refractivity contribution in [1.29, 1.82) is 0 Å². The lowest BCUT2D eigenvalue weighted by molar-refractivity contribution is -0.138. The third-order valence-corrected chi connectivity index (χ3v) is 4.44. The van der Waals surface area contributed by atoms with Crippen molar-refractivity contribution in [2.24, 2.45) is 0 Å². The number of carbonyl (C=O) groups excluding carboxylic acids is 1. The quantitative estimate of drug-likeness (QED) is 0.875. The number of hydrogen-bond donors (Lipinski definition) is 2. The number of carboxylic acid groups (broad SMARTS) is 1. The third-order valence-electron chi connectivity index (χ3n) is 3.35. The Hall–Kier alpha value is -1.89. The third kappa shape index (κ3) is 3.41. The van der Waals surface area contributed by atoms with Crippen molar-refractivity contribution in [3.8, 4) is 11.5 Å². The lowest BCUT2D eigenvalue weighted by Crippen LogP contribution is -2.47. The molecule has 0 aliphatic carbocycles. The van der Waals surface area contributed by atoms with Gasteiger partial charge in [-0.05, 0) is 12.1 Å². The van der Waals surface area contributed by atoms with E-state index in [9.17, 15) is 14.7 Å². The van der Waals surface area contributed by atoms with E-state index in [0.717, 1.165) is 5.75 Å². The molecule has 1 aliphatic heterocycles. The maximum absolute atomic E-state index is 12.6. The van der Waals surface area contributed by atoms with Crippen LogP contribution in [0.3, 0.4) is 0 Å². The van der Waals surface area contributed by atoms with E-state index in [-0.39, 0.29) is 35.4 Å². The summed E-state index contributed by atoms with van der Waals surface area (Å²) >= 11 is 1.63. The molecule has 1 aromatic rings. The van der Waals surface area contributed by atoms with Crippen LogP contribution in [0.2, 0.25) is 0 Å². The summed E-state index contributed by atoms with van der Waals surface area (Å²) < 4.78 is 5.00. The van der Waals surface area contributed by atoms with Gasteiger partial charge in [-0.2, -0.15) is 11.8 Å². The van der Waals surface area contributed by atoms with Gasteiger partial charge < -0.3 is 19.8 Å². The average Bonchev–Trinajstić information content (AvgIpc) is 2.47. The van der Waals surface area contributed by atoms with Gasteiger partial charge >= 0.3 is 5.97 Å². The van der Waals surface area contributed by atoms with Crippen molar-refractivity contribution in [3.05, 3.63) is 23.8 Å². The fraction of sp³-hybridized carbons (Fsp3) is 0.429. The van der Waals surface area contributed by atoms with E-state index in [2.05, 4.69) is 0 Å². The lowest BCUT2D eigenvalue weighted by Gasteiger charge is -2.34. The van der Waals surface area contributed by atoms with Gasteiger partial charge in [0.15, 0.2) is 11.5 Å². The zero-order chi connectivity index (χ0) is 15.4. The molecule has 0 spiro atoms. The highest BCUT2D eigenvalue weighted by Crippen LogP contribution is 2.31. The molecule has 1 atom stereocenters. The van der Waals surface area contributed by atoms with E-state index < -0.39 is 5.97 Å². The molecule has 1 amide bonds. The minimum absolute atomic E-state index is 0.0938. The summed E-state index contributed by atoms with van der Waals surface area (Å²) in [6, 6.07) is 4.34. The molecule has 1 aromatic carbocycles. The summed E-state index contributed by atoms with van der Waals surface area (Å²) in [4.78, 5) is 25.0. The molecule has 1 saturated heterocycles. The number of nitrogens with zero attached hydrogens (tertiary/aromatic N) is 1. The number of benzene rings is 1. The summed E-state index contributed by atoms with van der Waals surface area (Å²) in [7, 11) is 1.41. The molecule has 114 valence electrons. The van der Waals surface area contributed by atoms with Crippen LogP contribution < -0.4 is 4.74 Å². The van der Waals surface area contributed by atoms with Crippen LogP contribution in [0.15, 0.2) is 18.2 Å². The molecule has 1 unspecified atom stereocenters. The van der Waals surface area contributed by atoms with Crippen molar-refractivity contribution in [1.82, 2.24) is 4.90 Å². The second-order valence-corrected chi connectivity index (χ2v) is 5.83. The van der Waals surface area contributed by atoms with Crippen LogP contribution in [-0.2, 0) is 4.79 Å². The molecule has 0 aromatic heterocycles. The van der Waals surface area contributed by atoms with Gasteiger partial charge in [0.2, 0.25) is 0 Å². The van der Waals surface area contributed by atoms with Gasteiger partial charge in [0.05, 0.1) is 25.1 Å². The maximum Gasteiger partial charge on any atom is 0.305 e. The normalized spacial score (nSPS) is 18.3. The number of para-hydroxylation sites is 1. The van der Waals surface area contributed by atoms with Crippen LogP contribution in [-0.4, -0.2) is 58.2 Å². The Bertz CT molecular complexity index is 548. The Morgan fingerprint density at radius 1 is 1.48 bits per heavy atom. The van der Waals surface area contributed by atoms with Crippen molar-refractivity contribution in [2.45, 2.75) is 12.5 Å². The minimum Gasteiger partial charge on any atom is -0.504 e. The molecule has 7 heteroatoms. The number of hydrogen-bond acceptors (Lipinski definition) is 5. The number of aliphatic carboxylic acids is 1. The highest BCUT2D eigenvalue weighted by atomic mass is 32.2. The molecule has 2 rings (SSSR count). The fourth-order valence-corrected chi connectivity index (χ4v) is 3.37. The van der Waals surface area contributed by atoms with Gasteiger partial charge in [-0.1, -0.05) is 6.07 Å². The summed E-state index contributed by atoms with van der Waals surface area (Å²) in [5.41, 5.74) is 0.136. The molecular weight excluding hydrogens is 294 g/mol. The van der Waals surface area contributed by atoms with Crippen LogP contribution in [0, 0.1) is 0 Å². The number of phenols is 1. The Morgan fingerprint density at radius 3 is 2.90 bits per heavy atom. The monoisotopic (exact) mass is 311 g/mol. The van der Waals surface area contributed by atoms with E-state index >= 15 is 0 Å². The first kappa shape index (κ1) is 15.5. The van der Waals surface area contributed by atoms with Crippen LogP contribution >= 0.6 is 11.8 Å². The van der Waals surface area contributed by atoms with E-state index in [1.807, 2.05) is 0 Å². The minimum atomic E-state index is -0.935. The Labute approximate surface area is 126 Å². The number of methoxy groups -OCH3 is 1. The van der Waals surface area contributed by atoms with Gasteiger partial charge in [0.25, 0.3) is 5.91 Å². The predicted octanol–water partition coefficient (Wildman–Crippen LogP) is 1.43. The molecule has 0 radical (unpaired) electrons. The number of aromatic hydroxyl groups is 1. The summed E-state index contributed by atoms with van der Waals surface area (Å²) in [5.74, 6) is 0.0578. The van der Waals surface area contributed by atoms with Crippen molar-refractivity contribution < 1.29 is 24.5 Å². The average molecular weight is 311 g/mol. The molecule has 0 bridgehead atoms. The zero-order valence-electron chi connectivity index (χ0n) is 11.6. The summed E-state index contributed by atoms with van der Waals surface area (Å²) in [6.45, 7) is 0.470. The van der Waals surface area contributed by atoms with Gasteiger partial charge in [0, 0.05) is 18.1 Å². The molecule has 1 heterocycles. The lowest BCUT2D eigenvalue weighted by atomic mass is 10.1. The highest BCUT2D eigenvalue weighted by molar-refractivity contribution is 7.99. The van der Waals surface area contributed by atoms with E-state index in [0.29, 0.717) is 12.3 Å². The van der Waals surface area contributed by atoms with Crippen LogP contribution in [0.25, 0.3) is 0 Å². The zero-order valence-corrected chi connectivity index (χ0v) is 12.4. The predicted molar refractivity (Wildman–Crippen MR) is 79.1 cm³/mol. The van der Waals surface area contributed by atoms with Crippen molar-refractivity contribution in [2.75, 3.05) is 25.2 Å². The largest absolute Gasteiger partial charge is 0.504 e. The van der Waals surface area contributed by atoms with Crippen molar-refractivity contribution in [3.63, 3.8) is 0 Å². The molecule has 6 nitrogen and oxygen atoms in total. The summed E-state index contributed by atoms with van der Waals surface area (Å²) in [5, 5.41) is 19.0. The molecule has 21 heavy (non-hydrogen) atoms. The second kappa shape index (κ2) is 6.71. The van der Waals surface area contributed by atoms with Crippen LogP contribution in [0.4, 0.5) is 0 Å². The Morgan fingerprint density at radius 2 is 2.24 bits per heavy atom. The number of amides is 1. The topological polar surface area (TPSA) is 87.1 Å². The highest BCUT2D eigenvalue weighted by Gasteiger charge is 2.31. The maximum atomic E-state index is 12.6. The van der Waals surface area contributed by atoms with Crippen molar-refractivity contribution >= 4 is 23.6 Å². The first-order valence-corrected chi connectivity index (χ1v) is 7.66. The number of carbonyl (C=O) groups is 2. The number of rotatable bonds is 4. The summed E-state index contributed by atoms with van der Waals surface area (Å²) in [6.07, 6.45) is -0.0938. The number of ether oxygens (including phenoxy) is 1. The molecular formula is C14H17NO5S. The van der Waals surface area contributed by atoms with Gasteiger partial charge in [-0.3, -0.25) is 9.59 Å². The molecule has 1 aliphatic rings. The van der Waals surface area contributed by atoms with E-state index in [4.69, 9.17) is 9.84 Å². The van der Waals surface area contributed by atoms with Crippen LogP contribution in [0.5, 0.6) is 11.5 Å². The molecule has 0 saturated carbocycles. The Balaban J connectivity index is 2.26. The first-order chi connectivity index (χ1) is 10.0. The van der Waals surface area contributed by atoms with E-state index in [1.54, 1.807) is 23.9 Å².